The largest absolute Gasteiger partial charge is 0.341 e. The van der Waals surface area contributed by atoms with Crippen LogP contribution >= 0.6 is 24.8 Å². The molecule has 1 fully saturated rings. The molecule has 1 amide bonds. The zero-order valence-electron chi connectivity index (χ0n) is 15.1. The van der Waals surface area contributed by atoms with Crippen LogP contribution in [0, 0.1) is 0 Å². The summed E-state index contributed by atoms with van der Waals surface area (Å²) in [5.74, 6) is 0.00157. The smallest absolute Gasteiger partial charge is 0.246 e. The molecule has 0 radical (unpaired) electrons. The van der Waals surface area contributed by atoms with Crippen molar-refractivity contribution in [3.63, 3.8) is 0 Å². The summed E-state index contributed by atoms with van der Waals surface area (Å²) in [5.41, 5.74) is 6.26. The number of likely N-dealkylation sites (N-methyl/N-ethyl adjacent to an activating group) is 1. The normalized spacial score (nSPS) is 18.2. The summed E-state index contributed by atoms with van der Waals surface area (Å²) >= 11 is 0. The van der Waals surface area contributed by atoms with E-state index in [2.05, 4.69) is 18.7 Å². The molecule has 1 saturated heterocycles. The first-order valence-electron chi connectivity index (χ1n) is 8.19. The molecule has 2 rings (SSSR count). The maximum atomic E-state index is 12.9. The molecule has 1 aliphatic heterocycles. The fourth-order valence-corrected chi connectivity index (χ4v) is 3.23. The van der Waals surface area contributed by atoms with E-state index in [0.717, 1.165) is 31.5 Å². The van der Waals surface area contributed by atoms with Gasteiger partial charge in [-0.05, 0) is 39.2 Å². The van der Waals surface area contributed by atoms with Crippen LogP contribution in [0.5, 0.6) is 0 Å². The maximum Gasteiger partial charge on any atom is 0.246 e. The minimum atomic E-state index is -0.967. The standard InChI is InChI=1S/C18H29N3O.2ClH/c1-14(2)21-12-10-16(11-13-21)20(4)17(22)18(3,19)15-8-6-5-7-9-15;;/h5-9,14,16H,10-13,19H2,1-4H3;2*1H. The van der Waals surface area contributed by atoms with Crippen LogP contribution < -0.4 is 5.73 Å². The van der Waals surface area contributed by atoms with E-state index in [-0.39, 0.29) is 36.8 Å². The van der Waals surface area contributed by atoms with E-state index in [1.54, 1.807) is 0 Å². The van der Waals surface area contributed by atoms with E-state index < -0.39 is 5.54 Å². The summed E-state index contributed by atoms with van der Waals surface area (Å²) in [4.78, 5) is 17.2. The van der Waals surface area contributed by atoms with Gasteiger partial charge in [0.2, 0.25) is 5.91 Å². The number of rotatable bonds is 4. The van der Waals surface area contributed by atoms with Crippen molar-refractivity contribution in [3.8, 4) is 0 Å². The molecule has 1 unspecified atom stereocenters. The topological polar surface area (TPSA) is 49.6 Å². The van der Waals surface area contributed by atoms with Gasteiger partial charge >= 0.3 is 0 Å². The lowest BCUT2D eigenvalue weighted by atomic mass is 9.90. The molecule has 4 nitrogen and oxygen atoms in total. The van der Waals surface area contributed by atoms with E-state index in [1.807, 2.05) is 49.2 Å². The van der Waals surface area contributed by atoms with Crippen molar-refractivity contribution >= 4 is 30.7 Å². The molecule has 0 saturated carbocycles. The number of piperidine rings is 1. The Morgan fingerprint density at radius 2 is 1.71 bits per heavy atom. The van der Waals surface area contributed by atoms with Crippen molar-refractivity contribution in [3.05, 3.63) is 35.9 Å². The highest BCUT2D eigenvalue weighted by molar-refractivity contribution is 5.87. The molecular formula is C18H31Cl2N3O. The van der Waals surface area contributed by atoms with Crippen LogP contribution in [0.15, 0.2) is 30.3 Å². The molecule has 24 heavy (non-hydrogen) atoms. The summed E-state index contributed by atoms with van der Waals surface area (Å²) in [5, 5.41) is 0. The van der Waals surface area contributed by atoms with Gasteiger partial charge in [0.25, 0.3) is 0 Å². The van der Waals surface area contributed by atoms with Crippen LogP contribution in [0.4, 0.5) is 0 Å². The minimum absolute atomic E-state index is 0. The number of nitrogens with two attached hydrogens (primary N) is 1. The van der Waals surface area contributed by atoms with Crippen LogP contribution in [0.2, 0.25) is 0 Å². The Morgan fingerprint density at radius 3 is 2.17 bits per heavy atom. The number of amides is 1. The van der Waals surface area contributed by atoms with Crippen molar-refractivity contribution in [2.45, 2.75) is 51.2 Å². The molecule has 0 aliphatic carbocycles. The fourth-order valence-electron chi connectivity index (χ4n) is 3.23. The highest BCUT2D eigenvalue weighted by atomic mass is 35.5. The van der Waals surface area contributed by atoms with Crippen molar-refractivity contribution in [2.75, 3.05) is 20.1 Å². The number of halogens is 2. The first-order chi connectivity index (χ1) is 10.3. The third-order valence-electron chi connectivity index (χ3n) is 4.92. The number of carbonyl (C=O) groups is 1. The Labute approximate surface area is 158 Å². The molecule has 0 bridgehead atoms. The first kappa shape index (κ1) is 23.2. The predicted molar refractivity (Wildman–Crippen MR) is 105 cm³/mol. The highest BCUT2D eigenvalue weighted by Crippen LogP contribution is 2.24. The second-order valence-corrected chi connectivity index (χ2v) is 6.85. The summed E-state index contributed by atoms with van der Waals surface area (Å²) < 4.78 is 0. The number of benzene rings is 1. The lowest BCUT2D eigenvalue weighted by Gasteiger charge is -2.40. The van der Waals surface area contributed by atoms with Gasteiger partial charge in [0.15, 0.2) is 0 Å². The van der Waals surface area contributed by atoms with Crippen LogP contribution in [-0.2, 0) is 10.3 Å². The maximum absolute atomic E-state index is 12.9. The Balaban J connectivity index is 0.00000264. The molecule has 1 atom stereocenters. The van der Waals surface area contributed by atoms with Crippen LogP contribution in [0.25, 0.3) is 0 Å². The molecule has 6 heteroatoms. The van der Waals surface area contributed by atoms with Gasteiger partial charge in [0.1, 0.15) is 5.54 Å². The third kappa shape index (κ3) is 5.09. The van der Waals surface area contributed by atoms with Crippen molar-refractivity contribution in [1.29, 1.82) is 0 Å². The van der Waals surface area contributed by atoms with Gasteiger partial charge in [-0.15, -0.1) is 24.8 Å². The van der Waals surface area contributed by atoms with E-state index in [1.165, 1.54) is 0 Å². The van der Waals surface area contributed by atoms with E-state index in [4.69, 9.17) is 5.73 Å². The minimum Gasteiger partial charge on any atom is -0.341 e. The van der Waals surface area contributed by atoms with Gasteiger partial charge in [-0.3, -0.25) is 4.79 Å². The van der Waals surface area contributed by atoms with Gasteiger partial charge < -0.3 is 15.5 Å². The van der Waals surface area contributed by atoms with Crippen LogP contribution in [0.3, 0.4) is 0 Å². The molecule has 138 valence electrons. The summed E-state index contributed by atoms with van der Waals surface area (Å²) in [6.07, 6.45) is 2.04. The van der Waals surface area contributed by atoms with E-state index in [0.29, 0.717) is 6.04 Å². The lowest BCUT2D eigenvalue weighted by molar-refractivity contribution is -0.138. The quantitative estimate of drug-likeness (QED) is 0.879. The average Bonchev–Trinajstić information content (AvgIpc) is 2.54. The Bertz CT molecular complexity index is 500. The predicted octanol–water partition coefficient (Wildman–Crippen LogP) is 3.04. The Kier molecular flexibility index (Phi) is 9.29. The summed E-state index contributed by atoms with van der Waals surface area (Å²) in [6, 6.07) is 10.5. The van der Waals surface area contributed by atoms with Crippen LogP contribution in [-0.4, -0.2) is 47.9 Å². The molecule has 1 heterocycles. The Hall–Kier alpha value is -0.810. The molecule has 1 aromatic rings. The van der Waals surface area contributed by atoms with Crippen LogP contribution in [0.1, 0.15) is 39.2 Å². The number of hydrogen-bond acceptors (Lipinski definition) is 3. The van der Waals surface area contributed by atoms with Gasteiger partial charge in [0.05, 0.1) is 0 Å². The van der Waals surface area contributed by atoms with Gasteiger partial charge in [0, 0.05) is 32.2 Å². The third-order valence-corrected chi connectivity index (χ3v) is 4.92. The molecular weight excluding hydrogens is 345 g/mol. The van der Waals surface area contributed by atoms with Gasteiger partial charge in [-0.1, -0.05) is 30.3 Å². The van der Waals surface area contributed by atoms with Gasteiger partial charge in [-0.2, -0.15) is 0 Å². The lowest BCUT2D eigenvalue weighted by Crippen LogP contribution is -2.55. The molecule has 0 aromatic heterocycles. The zero-order valence-corrected chi connectivity index (χ0v) is 16.7. The SMILES string of the molecule is CC(C)N1CCC(N(C)C(=O)C(C)(N)c2ccccc2)CC1.Cl.Cl. The summed E-state index contributed by atoms with van der Waals surface area (Å²) in [7, 11) is 1.89. The molecule has 0 spiro atoms. The number of likely N-dealkylation sites (tertiary alicyclic amines) is 1. The zero-order chi connectivity index (χ0) is 16.3. The van der Waals surface area contributed by atoms with Gasteiger partial charge in [-0.25, -0.2) is 0 Å². The molecule has 2 N–H and O–H groups in total. The first-order valence-corrected chi connectivity index (χ1v) is 8.19. The number of hydrogen-bond donors (Lipinski definition) is 1. The molecule has 1 aromatic carbocycles. The van der Waals surface area contributed by atoms with E-state index in [9.17, 15) is 4.79 Å². The van der Waals surface area contributed by atoms with Crippen molar-refractivity contribution < 1.29 is 4.79 Å². The van der Waals surface area contributed by atoms with Crippen molar-refractivity contribution in [2.24, 2.45) is 5.73 Å². The molecule has 1 aliphatic rings. The van der Waals surface area contributed by atoms with Crippen molar-refractivity contribution in [1.82, 2.24) is 9.80 Å². The Morgan fingerprint density at radius 1 is 1.21 bits per heavy atom. The second-order valence-electron chi connectivity index (χ2n) is 6.85. The summed E-state index contributed by atoms with van der Waals surface area (Å²) in [6.45, 7) is 8.35. The average molecular weight is 376 g/mol. The monoisotopic (exact) mass is 375 g/mol. The highest BCUT2D eigenvalue weighted by Gasteiger charge is 2.36. The number of nitrogens with zero attached hydrogens (tertiary/aromatic N) is 2. The second kappa shape index (κ2) is 9.62. The number of carbonyl (C=O) groups excluding carboxylic acids is 1. The van der Waals surface area contributed by atoms with E-state index >= 15 is 0 Å². The fraction of sp³-hybridized carbons (Fsp3) is 0.611.